The number of aromatic nitrogens is 2. The van der Waals surface area contributed by atoms with Crippen molar-refractivity contribution in [2.45, 2.75) is 32.6 Å². The molecule has 1 saturated heterocycles. The first-order chi connectivity index (χ1) is 16.5. The Labute approximate surface area is 204 Å². The third-order valence-corrected chi connectivity index (χ3v) is 6.19. The molecule has 35 heavy (non-hydrogen) atoms. The molecule has 0 spiro atoms. The van der Waals surface area contributed by atoms with Crippen LogP contribution < -0.4 is 10.9 Å². The Morgan fingerprint density at radius 3 is 2.46 bits per heavy atom. The average Bonchev–Trinajstić information content (AvgIpc) is 2.78. The summed E-state index contributed by atoms with van der Waals surface area (Å²) in [7, 11) is 0. The van der Waals surface area contributed by atoms with Crippen molar-refractivity contribution in [1.29, 1.82) is 0 Å². The van der Waals surface area contributed by atoms with Gasteiger partial charge in [-0.2, -0.15) is 0 Å². The summed E-state index contributed by atoms with van der Waals surface area (Å²) in [5.74, 6) is -2.61. The lowest BCUT2D eigenvalue weighted by Crippen LogP contribution is -2.60. The third-order valence-electron chi connectivity index (χ3n) is 5.79. The first-order valence-corrected chi connectivity index (χ1v) is 11.1. The molecule has 182 valence electrons. The molecule has 0 radical (unpaired) electrons. The number of carboxylic acids is 1. The van der Waals surface area contributed by atoms with Gasteiger partial charge in [-0.1, -0.05) is 41.4 Å². The van der Waals surface area contributed by atoms with Gasteiger partial charge >= 0.3 is 5.97 Å². The number of benzene rings is 1. The molecule has 2 amide bonds. The van der Waals surface area contributed by atoms with Crippen LogP contribution in [0.15, 0.2) is 41.3 Å². The van der Waals surface area contributed by atoms with Gasteiger partial charge in [0.25, 0.3) is 11.5 Å². The lowest BCUT2D eigenvalue weighted by molar-refractivity contribution is -0.144. The molecule has 1 fully saturated rings. The zero-order valence-electron chi connectivity index (χ0n) is 19.0. The van der Waals surface area contributed by atoms with Crippen molar-refractivity contribution in [3.05, 3.63) is 74.2 Å². The van der Waals surface area contributed by atoms with E-state index in [0.29, 0.717) is 0 Å². The van der Waals surface area contributed by atoms with Gasteiger partial charge in [-0.05, 0) is 25.5 Å². The van der Waals surface area contributed by atoms with Crippen LogP contribution in [-0.4, -0.2) is 56.1 Å². The molecule has 4 rings (SSSR count). The van der Waals surface area contributed by atoms with E-state index in [1.165, 1.54) is 17.9 Å². The SMILES string of the molecule is Cc1ccc(CNC(=O)c2cc3c(Cl)c(C(=O)O)cnc3n(CC(=O)N3CC(C)(F)C3)c2=O)cc1. The van der Waals surface area contributed by atoms with Gasteiger partial charge in [0.15, 0.2) is 0 Å². The Bertz CT molecular complexity index is 1410. The minimum Gasteiger partial charge on any atom is -0.478 e. The second-order valence-electron chi connectivity index (χ2n) is 8.81. The van der Waals surface area contributed by atoms with E-state index in [1.807, 2.05) is 31.2 Å². The number of rotatable bonds is 6. The van der Waals surface area contributed by atoms with Gasteiger partial charge in [0.1, 0.15) is 23.4 Å². The van der Waals surface area contributed by atoms with E-state index in [4.69, 9.17) is 11.6 Å². The van der Waals surface area contributed by atoms with Crippen LogP contribution in [-0.2, 0) is 17.9 Å². The number of halogens is 2. The fourth-order valence-electron chi connectivity index (χ4n) is 3.89. The summed E-state index contributed by atoms with van der Waals surface area (Å²) in [6, 6.07) is 8.60. The van der Waals surface area contributed by atoms with Crippen molar-refractivity contribution < 1.29 is 23.9 Å². The van der Waals surface area contributed by atoms with Crippen molar-refractivity contribution in [2.75, 3.05) is 13.1 Å². The van der Waals surface area contributed by atoms with Gasteiger partial charge in [-0.25, -0.2) is 14.2 Å². The number of hydrogen-bond donors (Lipinski definition) is 2. The molecule has 11 heteroatoms. The van der Waals surface area contributed by atoms with Gasteiger partial charge in [-0.15, -0.1) is 0 Å². The van der Waals surface area contributed by atoms with Crippen LogP contribution in [0.1, 0.15) is 38.8 Å². The van der Waals surface area contributed by atoms with Gasteiger partial charge in [0.2, 0.25) is 5.91 Å². The molecule has 3 heterocycles. The van der Waals surface area contributed by atoms with E-state index >= 15 is 0 Å². The molecular weight excluding hydrogens is 479 g/mol. The molecule has 2 N–H and O–H groups in total. The summed E-state index contributed by atoms with van der Waals surface area (Å²) in [5.41, 5.74) is -1.16. The number of pyridine rings is 2. The van der Waals surface area contributed by atoms with Gasteiger partial charge < -0.3 is 15.3 Å². The van der Waals surface area contributed by atoms with Crippen molar-refractivity contribution in [3.8, 4) is 0 Å². The number of alkyl halides is 1. The molecular formula is C24H22ClFN4O5. The molecule has 0 bridgehead atoms. The molecule has 9 nitrogen and oxygen atoms in total. The summed E-state index contributed by atoms with van der Waals surface area (Å²) in [5, 5.41) is 11.9. The predicted molar refractivity (Wildman–Crippen MR) is 126 cm³/mol. The number of nitrogens with one attached hydrogen (secondary N) is 1. The summed E-state index contributed by atoms with van der Waals surface area (Å²) in [4.78, 5) is 55.7. The highest BCUT2D eigenvalue weighted by Crippen LogP contribution is 2.27. The van der Waals surface area contributed by atoms with Crippen molar-refractivity contribution in [2.24, 2.45) is 0 Å². The van der Waals surface area contributed by atoms with E-state index in [1.54, 1.807) is 0 Å². The van der Waals surface area contributed by atoms with E-state index in [-0.39, 0.29) is 46.8 Å². The van der Waals surface area contributed by atoms with Crippen molar-refractivity contribution in [3.63, 3.8) is 0 Å². The Hall–Kier alpha value is -3.79. The van der Waals surface area contributed by atoms with Gasteiger partial charge in [0, 0.05) is 18.1 Å². The summed E-state index contributed by atoms with van der Waals surface area (Å²) in [6.07, 6.45) is 0.979. The van der Waals surface area contributed by atoms with Crippen LogP contribution in [0, 0.1) is 6.92 Å². The topological polar surface area (TPSA) is 122 Å². The number of carbonyl (C=O) groups is 3. The first kappa shape index (κ1) is 24.3. The fourth-order valence-corrected chi connectivity index (χ4v) is 4.16. The quantitative estimate of drug-likeness (QED) is 0.536. The first-order valence-electron chi connectivity index (χ1n) is 10.7. The Morgan fingerprint density at radius 2 is 1.86 bits per heavy atom. The number of likely N-dealkylation sites (tertiary alicyclic amines) is 1. The number of nitrogens with zero attached hydrogens (tertiary/aromatic N) is 3. The maximum absolute atomic E-state index is 13.9. The van der Waals surface area contributed by atoms with Crippen LogP contribution in [0.4, 0.5) is 4.39 Å². The van der Waals surface area contributed by atoms with E-state index in [9.17, 15) is 28.7 Å². The third kappa shape index (κ3) is 4.88. The zero-order chi connectivity index (χ0) is 25.5. The highest BCUT2D eigenvalue weighted by atomic mass is 35.5. The van der Waals surface area contributed by atoms with Gasteiger partial charge in [0.05, 0.1) is 23.7 Å². The summed E-state index contributed by atoms with van der Waals surface area (Å²) >= 11 is 6.29. The van der Waals surface area contributed by atoms with Crippen LogP contribution in [0.3, 0.4) is 0 Å². The number of aromatic carboxylic acids is 1. The lowest BCUT2D eigenvalue weighted by atomic mass is 9.99. The number of aryl methyl sites for hydroxylation is 1. The highest BCUT2D eigenvalue weighted by Gasteiger charge is 2.41. The number of hydrogen-bond acceptors (Lipinski definition) is 5. The van der Waals surface area contributed by atoms with E-state index in [0.717, 1.165) is 21.9 Å². The van der Waals surface area contributed by atoms with Gasteiger partial charge in [-0.3, -0.25) is 19.0 Å². The second kappa shape index (κ2) is 9.10. The maximum atomic E-state index is 13.9. The molecule has 1 aliphatic heterocycles. The number of carbonyl (C=O) groups excluding carboxylic acids is 2. The van der Waals surface area contributed by atoms with E-state index < -0.39 is 35.6 Å². The summed E-state index contributed by atoms with van der Waals surface area (Å²) in [6.45, 7) is 2.68. The minimum atomic E-state index is -1.50. The average molecular weight is 501 g/mol. The largest absolute Gasteiger partial charge is 0.478 e. The number of fused-ring (bicyclic) bond motifs is 1. The maximum Gasteiger partial charge on any atom is 0.338 e. The fraction of sp³-hybridized carbons (Fsp3) is 0.292. The lowest BCUT2D eigenvalue weighted by Gasteiger charge is -2.42. The van der Waals surface area contributed by atoms with Crippen molar-refractivity contribution in [1.82, 2.24) is 19.8 Å². The minimum absolute atomic E-state index is 0.0263. The molecule has 2 aromatic heterocycles. The number of carboxylic acid groups (broad SMARTS) is 1. The standard InChI is InChI=1S/C24H22ClFN4O5/c1-13-3-5-14(6-4-13)8-28-21(32)16-7-15-19(25)17(23(34)35)9-27-20(15)30(22(16)33)10-18(31)29-11-24(2,26)12-29/h3-7,9H,8,10-12H2,1-2H3,(H,28,32)(H,34,35). The molecule has 0 atom stereocenters. The molecule has 3 aromatic rings. The molecule has 0 aliphatic carbocycles. The van der Waals surface area contributed by atoms with Crippen LogP contribution in [0.25, 0.3) is 11.0 Å². The Kier molecular flexibility index (Phi) is 6.33. The summed E-state index contributed by atoms with van der Waals surface area (Å²) < 4.78 is 14.8. The smallest absolute Gasteiger partial charge is 0.338 e. The van der Waals surface area contributed by atoms with Crippen molar-refractivity contribution >= 4 is 40.4 Å². The Balaban J connectivity index is 1.73. The molecule has 1 aromatic carbocycles. The number of amides is 2. The Morgan fingerprint density at radius 1 is 1.20 bits per heavy atom. The highest BCUT2D eigenvalue weighted by molar-refractivity contribution is 6.38. The normalized spacial score (nSPS) is 14.5. The monoisotopic (exact) mass is 500 g/mol. The van der Waals surface area contributed by atoms with Crippen LogP contribution in [0.2, 0.25) is 5.02 Å². The second-order valence-corrected chi connectivity index (χ2v) is 9.19. The molecule has 0 unspecified atom stereocenters. The molecule has 0 saturated carbocycles. The predicted octanol–water partition coefficient (Wildman–Crippen LogP) is 2.56. The van der Waals surface area contributed by atoms with E-state index in [2.05, 4.69) is 10.3 Å². The molecule has 1 aliphatic rings. The zero-order valence-corrected chi connectivity index (χ0v) is 19.7. The van der Waals surface area contributed by atoms with Crippen LogP contribution >= 0.6 is 11.6 Å². The van der Waals surface area contributed by atoms with Crippen LogP contribution in [0.5, 0.6) is 0 Å².